The first-order chi connectivity index (χ1) is 15.3. The predicted molar refractivity (Wildman–Crippen MR) is 114 cm³/mol. The standard InChI is InChI=1S/C21H21F3N4O3S/c1-3-30-17-10-5-4-9-16(17)25-19(29)13-32-20-27-26-18(28(20)2)12-31-15-8-6-7-14(11-15)21(22,23)24/h4-11H,3,12-13H2,1-2H3,(H,25,29). The Bertz CT molecular complexity index is 1070. The van der Waals surface area contributed by atoms with Crippen LogP contribution in [-0.4, -0.2) is 33.0 Å². The molecule has 7 nitrogen and oxygen atoms in total. The van der Waals surface area contributed by atoms with Crippen molar-refractivity contribution in [3.05, 3.63) is 59.9 Å². The number of benzene rings is 2. The maximum absolute atomic E-state index is 12.8. The molecule has 1 amide bonds. The van der Waals surface area contributed by atoms with Crippen LogP contribution in [0.1, 0.15) is 18.3 Å². The Morgan fingerprint density at radius 3 is 2.66 bits per heavy atom. The number of para-hydroxylation sites is 2. The summed E-state index contributed by atoms with van der Waals surface area (Å²) in [5.41, 5.74) is -0.214. The van der Waals surface area contributed by atoms with Gasteiger partial charge in [-0.1, -0.05) is 30.0 Å². The van der Waals surface area contributed by atoms with Crippen molar-refractivity contribution in [1.82, 2.24) is 14.8 Å². The van der Waals surface area contributed by atoms with Crippen LogP contribution in [0.5, 0.6) is 11.5 Å². The number of halogens is 3. The first-order valence-electron chi connectivity index (χ1n) is 9.60. The van der Waals surface area contributed by atoms with E-state index in [1.165, 1.54) is 23.9 Å². The molecule has 1 aromatic heterocycles. The first-order valence-corrected chi connectivity index (χ1v) is 10.6. The molecule has 11 heteroatoms. The first kappa shape index (κ1) is 23.5. The molecule has 2 aromatic carbocycles. The fourth-order valence-corrected chi connectivity index (χ4v) is 3.40. The van der Waals surface area contributed by atoms with Gasteiger partial charge in [0.15, 0.2) is 11.0 Å². The van der Waals surface area contributed by atoms with Crippen molar-refractivity contribution in [3.63, 3.8) is 0 Å². The summed E-state index contributed by atoms with van der Waals surface area (Å²) in [7, 11) is 1.69. The lowest BCUT2D eigenvalue weighted by atomic mass is 10.2. The minimum absolute atomic E-state index is 0.0701. The molecule has 1 N–H and O–H groups in total. The van der Waals surface area contributed by atoms with E-state index in [4.69, 9.17) is 9.47 Å². The average Bonchev–Trinajstić information content (AvgIpc) is 3.11. The molecule has 0 unspecified atom stereocenters. The Hall–Kier alpha value is -3.21. The maximum atomic E-state index is 12.8. The van der Waals surface area contributed by atoms with Gasteiger partial charge in [0.1, 0.15) is 18.1 Å². The summed E-state index contributed by atoms with van der Waals surface area (Å²) in [6, 6.07) is 11.7. The number of rotatable bonds is 9. The lowest BCUT2D eigenvalue weighted by Crippen LogP contribution is -2.15. The zero-order valence-corrected chi connectivity index (χ0v) is 18.2. The number of aromatic nitrogens is 3. The molecule has 0 atom stereocenters. The molecule has 32 heavy (non-hydrogen) atoms. The lowest BCUT2D eigenvalue weighted by molar-refractivity contribution is -0.137. The second-order valence-electron chi connectivity index (χ2n) is 6.54. The van der Waals surface area contributed by atoms with Crippen molar-refractivity contribution in [3.8, 4) is 11.5 Å². The highest BCUT2D eigenvalue weighted by Crippen LogP contribution is 2.31. The van der Waals surface area contributed by atoms with Crippen LogP contribution < -0.4 is 14.8 Å². The van der Waals surface area contributed by atoms with E-state index in [0.717, 1.165) is 12.1 Å². The zero-order chi connectivity index (χ0) is 23.1. The summed E-state index contributed by atoms with van der Waals surface area (Å²) < 4.78 is 51.0. The number of thioether (sulfide) groups is 1. The number of ether oxygens (including phenoxy) is 2. The molecule has 0 aliphatic heterocycles. The minimum Gasteiger partial charge on any atom is -0.492 e. The summed E-state index contributed by atoms with van der Waals surface area (Å²) in [6.45, 7) is 2.27. The van der Waals surface area contributed by atoms with Gasteiger partial charge in [0, 0.05) is 7.05 Å². The predicted octanol–water partition coefficient (Wildman–Crippen LogP) is 4.54. The van der Waals surface area contributed by atoms with Gasteiger partial charge < -0.3 is 19.4 Å². The van der Waals surface area contributed by atoms with Crippen LogP contribution in [0.3, 0.4) is 0 Å². The highest BCUT2D eigenvalue weighted by atomic mass is 32.2. The van der Waals surface area contributed by atoms with Gasteiger partial charge in [0.2, 0.25) is 5.91 Å². The summed E-state index contributed by atoms with van der Waals surface area (Å²) in [5, 5.41) is 11.3. The lowest BCUT2D eigenvalue weighted by Gasteiger charge is -2.11. The number of carbonyl (C=O) groups excluding carboxylic acids is 1. The maximum Gasteiger partial charge on any atom is 0.416 e. The highest BCUT2D eigenvalue weighted by molar-refractivity contribution is 7.99. The van der Waals surface area contributed by atoms with Crippen LogP contribution in [0.15, 0.2) is 53.7 Å². The molecule has 0 aliphatic rings. The Kier molecular flexibility index (Phi) is 7.62. The van der Waals surface area contributed by atoms with Gasteiger partial charge in [-0.3, -0.25) is 4.79 Å². The van der Waals surface area contributed by atoms with Gasteiger partial charge in [-0.25, -0.2) is 0 Å². The average molecular weight is 466 g/mol. The van der Waals surface area contributed by atoms with E-state index >= 15 is 0 Å². The molecule has 0 saturated heterocycles. The van der Waals surface area contributed by atoms with Gasteiger partial charge in [-0.05, 0) is 37.3 Å². The molecule has 3 aromatic rings. The molecule has 0 aliphatic carbocycles. The Labute approximate surface area is 186 Å². The summed E-state index contributed by atoms with van der Waals surface area (Å²) in [4.78, 5) is 12.3. The van der Waals surface area contributed by atoms with Crippen molar-refractivity contribution >= 4 is 23.4 Å². The summed E-state index contributed by atoms with van der Waals surface area (Å²) in [6.07, 6.45) is -4.45. The van der Waals surface area contributed by atoms with E-state index in [9.17, 15) is 18.0 Å². The van der Waals surface area contributed by atoms with Crippen molar-refractivity contribution in [1.29, 1.82) is 0 Å². The van der Waals surface area contributed by atoms with Crippen LogP contribution in [0.25, 0.3) is 0 Å². The fourth-order valence-electron chi connectivity index (χ4n) is 2.67. The molecular formula is C21H21F3N4O3S. The third-order valence-electron chi connectivity index (χ3n) is 4.25. The molecule has 3 rings (SSSR count). The van der Waals surface area contributed by atoms with E-state index in [0.29, 0.717) is 29.0 Å². The molecule has 0 spiro atoms. The molecule has 0 fully saturated rings. The van der Waals surface area contributed by atoms with Crippen molar-refractivity contribution in [2.24, 2.45) is 7.05 Å². The Morgan fingerprint density at radius 2 is 1.91 bits per heavy atom. The topological polar surface area (TPSA) is 78.3 Å². The quantitative estimate of drug-likeness (QED) is 0.467. The van der Waals surface area contributed by atoms with Crippen LogP contribution in [0.4, 0.5) is 18.9 Å². The smallest absolute Gasteiger partial charge is 0.416 e. The monoisotopic (exact) mass is 466 g/mol. The van der Waals surface area contributed by atoms with E-state index < -0.39 is 11.7 Å². The van der Waals surface area contributed by atoms with Crippen molar-refractivity contribution in [2.45, 2.75) is 24.9 Å². The number of amides is 1. The largest absolute Gasteiger partial charge is 0.492 e. The number of hydrogen-bond acceptors (Lipinski definition) is 6. The Morgan fingerprint density at radius 1 is 1.12 bits per heavy atom. The van der Waals surface area contributed by atoms with E-state index in [2.05, 4.69) is 15.5 Å². The molecular weight excluding hydrogens is 445 g/mol. The number of anilines is 1. The van der Waals surface area contributed by atoms with Crippen molar-refractivity contribution < 1.29 is 27.4 Å². The minimum atomic E-state index is -4.45. The van der Waals surface area contributed by atoms with Crippen LogP contribution in [0.2, 0.25) is 0 Å². The number of nitrogens with one attached hydrogen (secondary N) is 1. The van der Waals surface area contributed by atoms with Gasteiger partial charge in [-0.15, -0.1) is 10.2 Å². The van der Waals surface area contributed by atoms with Gasteiger partial charge in [0.05, 0.1) is 23.6 Å². The molecule has 0 radical (unpaired) electrons. The SMILES string of the molecule is CCOc1ccccc1NC(=O)CSc1nnc(COc2cccc(C(F)(F)F)c2)n1C. The van der Waals surface area contributed by atoms with Crippen LogP contribution >= 0.6 is 11.8 Å². The van der Waals surface area contributed by atoms with Crippen LogP contribution in [-0.2, 0) is 24.6 Å². The van der Waals surface area contributed by atoms with Gasteiger partial charge in [-0.2, -0.15) is 13.2 Å². The highest BCUT2D eigenvalue weighted by Gasteiger charge is 2.30. The second kappa shape index (κ2) is 10.4. The van der Waals surface area contributed by atoms with E-state index in [-0.39, 0.29) is 24.0 Å². The summed E-state index contributed by atoms with van der Waals surface area (Å²) >= 11 is 1.17. The molecule has 170 valence electrons. The van der Waals surface area contributed by atoms with E-state index in [1.54, 1.807) is 29.8 Å². The number of hydrogen-bond donors (Lipinski definition) is 1. The number of alkyl halides is 3. The van der Waals surface area contributed by atoms with Crippen LogP contribution in [0, 0.1) is 0 Å². The fraction of sp³-hybridized carbons (Fsp3) is 0.286. The third-order valence-corrected chi connectivity index (χ3v) is 5.27. The number of nitrogens with zero attached hydrogens (tertiary/aromatic N) is 3. The Balaban J connectivity index is 1.56. The number of carbonyl (C=O) groups is 1. The van der Waals surface area contributed by atoms with Gasteiger partial charge >= 0.3 is 6.18 Å². The molecule has 1 heterocycles. The normalized spacial score (nSPS) is 11.3. The van der Waals surface area contributed by atoms with E-state index in [1.807, 2.05) is 13.0 Å². The third kappa shape index (κ3) is 6.16. The molecule has 0 saturated carbocycles. The second-order valence-corrected chi connectivity index (χ2v) is 7.48. The summed E-state index contributed by atoms with van der Waals surface area (Å²) in [5.74, 6) is 0.908. The van der Waals surface area contributed by atoms with Gasteiger partial charge in [0.25, 0.3) is 0 Å². The molecule has 0 bridgehead atoms. The zero-order valence-electron chi connectivity index (χ0n) is 17.3. The van der Waals surface area contributed by atoms with Crippen molar-refractivity contribution in [2.75, 3.05) is 17.7 Å².